The Bertz CT molecular complexity index is 1160. The monoisotopic (exact) mass is 496 g/mol. The van der Waals surface area contributed by atoms with Gasteiger partial charge >= 0.3 is 0 Å². The molecule has 2 aromatic carbocycles. The molecule has 1 fully saturated rings. The number of amides is 2. The zero-order valence-corrected chi connectivity index (χ0v) is 18.7. The number of carbonyl (C=O) groups is 2. The Morgan fingerprint density at radius 1 is 1.19 bits per heavy atom. The summed E-state index contributed by atoms with van der Waals surface area (Å²) in [6, 6.07) is 15.1. The van der Waals surface area contributed by atoms with Crippen molar-refractivity contribution in [2.45, 2.75) is 19.1 Å². The van der Waals surface area contributed by atoms with E-state index < -0.39 is 5.92 Å². The molecule has 2 atom stereocenters. The molecule has 1 saturated heterocycles. The molecule has 0 bridgehead atoms. The standard InChI is InChI=1S/C23H21BrN4O4/c24-16-4-3-5-18(9-16)28-11-15(8-22(28)29)23(30)26-17-10-25-27(12-17)13-19-14-31-20-6-1-2-7-21(20)32-19/h1-7,9-10,12,15,19H,8,11,13-14H2,(H,26,30). The van der Waals surface area contributed by atoms with E-state index in [2.05, 4.69) is 26.3 Å². The van der Waals surface area contributed by atoms with Crippen molar-refractivity contribution in [3.63, 3.8) is 0 Å². The number of ether oxygens (including phenoxy) is 2. The third kappa shape index (κ3) is 4.34. The van der Waals surface area contributed by atoms with Gasteiger partial charge in [0, 0.05) is 29.3 Å². The quantitative estimate of drug-likeness (QED) is 0.584. The number of nitrogens with zero attached hydrogens (tertiary/aromatic N) is 3. The smallest absolute Gasteiger partial charge is 0.229 e. The van der Waals surface area contributed by atoms with Crippen molar-refractivity contribution in [1.29, 1.82) is 0 Å². The fourth-order valence-corrected chi connectivity index (χ4v) is 4.30. The van der Waals surface area contributed by atoms with E-state index in [-0.39, 0.29) is 24.3 Å². The first-order valence-electron chi connectivity index (χ1n) is 10.3. The summed E-state index contributed by atoms with van der Waals surface area (Å²) in [5.41, 5.74) is 1.37. The lowest BCUT2D eigenvalue weighted by Gasteiger charge is -2.26. The first-order valence-corrected chi connectivity index (χ1v) is 11.1. The highest BCUT2D eigenvalue weighted by Gasteiger charge is 2.35. The molecular formula is C23H21BrN4O4. The molecule has 0 aliphatic carbocycles. The average molecular weight is 497 g/mol. The number of para-hydroxylation sites is 2. The molecule has 9 heteroatoms. The van der Waals surface area contributed by atoms with Crippen molar-refractivity contribution < 1.29 is 19.1 Å². The van der Waals surface area contributed by atoms with Gasteiger partial charge in [0.2, 0.25) is 11.8 Å². The predicted molar refractivity (Wildman–Crippen MR) is 122 cm³/mol. The first-order chi connectivity index (χ1) is 15.5. The SMILES string of the molecule is O=C(Nc1cnn(CC2COc3ccccc3O2)c1)C1CC(=O)N(c2cccc(Br)c2)C1. The molecule has 1 aromatic heterocycles. The molecule has 2 aliphatic heterocycles. The van der Waals surface area contributed by atoms with E-state index in [4.69, 9.17) is 9.47 Å². The summed E-state index contributed by atoms with van der Waals surface area (Å²) in [5.74, 6) is 0.775. The highest BCUT2D eigenvalue weighted by atomic mass is 79.9. The Morgan fingerprint density at radius 2 is 2.03 bits per heavy atom. The van der Waals surface area contributed by atoms with E-state index in [1.807, 2.05) is 48.5 Å². The molecule has 5 rings (SSSR count). The minimum absolute atomic E-state index is 0.0614. The van der Waals surface area contributed by atoms with Crippen molar-refractivity contribution >= 4 is 39.1 Å². The summed E-state index contributed by atoms with van der Waals surface area (Å²) >= 11 is 3.42. The predicted octanol–water partition coefficient (Wildman–Crippen LogP) is 3.48. The maximum Gasteiger partial charge on any atom is 0.229 e. The van der Waals surface area contributed by atoms with E-state index in [9.17, 15) is 9.59 Å². The Kier molecular flexibility index (Phi) is 5.57. The van der Waals surface area contributed by atoms with Gasteiger partial charge in [-0.1, -0.05) is 34.1 Å². The lowest BCUT2D eigenvalue weighted by molar-refractivity contribution is -0.122. The van der Waals surface area contributed by atoms with Crippen molar-refractivity contribution in [2.24, 2.45) is 5.92 Å². The molecule has 3 aromatic rings. The molecule has 164 valence electrons. The molecule has 2 amide bonds. The van der Waals surface area contributed by atoms with Gasteiger partial charge in [0.25, 0.3) is 0 Å². The van der Waals surface area contributed by atoms with Crippen molar-refractivity contribution in [3.05, 3.63) is 65.4 Å². The zero-order chi connectivity index (χ0) is 22.1. The molecule has 1 N–H and O–H groups in total. The minimum Gasteiger partial charge on any atom is -0.486 e. The normalized spacial score (nSPS) is 19.8. The topological polar surface area (TPSA) is 85.7 Å². The molecule has 0 radical (unpaired) electrons. The first kappa shape index (κ1) is 20.6. The lowest BCUT2D eigenvalue weighted by Crippen LogP contribution is -2.33. The van der Waals surface area contributed by atoms with E-state index in [1.165, 1.54) is 0 Å². The summed E-state index contributed by atoms with van der Waals surface area (Å²) in [6.45, 7) is 1.26. The number of hydrogen-bond acceptors (Lipinski definition) is 5. The number of benzene rings is 2. The molecule has 2 unspecified atom stereocenters. The molecule has 3 heterocycles. The third-order valence-corrected chi connectivity index (χ3v) is 5.97. The Hall–Kier alpha value is -3.33. The number of hydrogen-bond donors (Lipinski definition) is 1. The summed E-state index contributed by atoms with van der Waals surface area (Å²) in [5, 5.41) is 7.20. The van der Waals surface area contributed by atoms with Crippen LogP contribution in [0.25, 0.3) is 0 Å². The fraction of sp³-hybridized carbons (Fsp3) is 0.261. The number of fused-ring (bicyclic) bond motifs is 1. The minimum atomic E-state index is -0.420. The summed E-state index contributed by atoms with van der Waals surface area (Å²) in [4.78, 5) is 26.9. The second-order valence-corrected chi connectivity index (χ2v) is 8.74. The van der Waals surface area contributed by atoms with Crippen molar-refractivity contribution in [3.8, 4) is 11.5 Å². The van der Waals surface area contributed by atoms with Crippen LogP contribution >= 0.6 is 15.9 Å². The van der Waals surface area contributed by atoms with E-state index >= 15 is 0 Å². The van der Waals surface area contributed by atoms with Crippen molar-refractivity contribution in [1.82, 2.24) is 9.78 Å². The van der Waals surface area contributed by atoms with Gasteiger partial charge in [0.15, 0.2) is 17.6 Å². The average Bonchev–Trinajstić information content (AvgIpc) is 3.40. The largest absolute Gasteiger partial charge is 0.486 e. The van der Waals surface area contributed by atoms with Crippen LogP contribution in [0, 0.1) is 5.92 Å². The molecule has 0 saturated carbocycles. The lowest BCUT2D eigenvalue weighted by atomic mass is 10.1. The van der Waals surface area contributed by atoms with Crippen LogP contribution in [-0.4, -0.2) is 40.9 Å². The number of anilines is 2. The van der Waals surface area contributed by atoms with Gasteiger partial charge in [-0.3, -0.25) is 14.3 Å². The number of nitrogens with one attached hydrogen (secondary N) is 1. The van der Waals surface area contributed by atoms with E-state index in [0.29, 0.717) is 31.1 Å². The van der Waals surface area contributed by atoms with Crippen LogP contribution in [0.15, 0.2) is 65.4 Å². The van der Waals surface area contributed by atoms with Gasteiger partial charge in [-0.2, -0.15) is 5.10 Å². The fourth-order valence-electron chi connectivity index (χ4n) is 3.91. The van der Waals surface area contributed by atoms with Crippen LogP contribution in [0.3, 0.4) is 0 Å². The summed E-state index contributed by atoms with van der Waals surface area (Å²) in [7, 11) is 0. The van der Waals surface area contributed by atoms with Crippen LogP contribution < -0.4 is 19.7 Å². The Balaban J connectivity index is 1.18. The number of rotatable bonds is 5. The maximum atomic E-state index is 12.8. The van der Waals surface area contributed by atoms with Gasteiger partial charge < -0.3 is 19.7 Å². The maximum absolute atomic E-state index is 12.8. The van der Waals surface area contributed by atoms with Gasteiger partial charge in [-0.05, 0) is 30.3 Å². The molecule has 8 nitrogen and oxygen atoms in total. The van der Waals surface area contributed by atoms with Gasteiger partial charge in [0.1, 0.15) is 6.61 Å². The zero-order valence-electron chi connectivity index (χ0n) is 17.1. The second kappa shape index (κ2) is 8.66. The third-order valence-electron chi connectivity index (χ3n) is 5.47. The van der Waals surface area contributed by atoms with Gasteiger partial charge in [-0.15, -0.1) is 0 Å². The summed E-state index contributed by atoms with van der Waals surface area (Å²) < 4.78 is 14.3. The molecule has 32 heavy (non-hydrogen) atoms. The van der Waals surface area contributed by atoms with Crippen molar-refractivity contribution in [2.75, 3.05) is 23.4 Å². The van der Waals surface area contributed by atoms with Crippen LogP contribution in [0.1, 0.15) is 6.42 Å². The number of carbonyl (C=O) groups excluding carboxylic acids is 2. The van der Waals surface area contributed by atoms with E-state index in [0.717, 1.165) is 15.9 Å². The molecular weight excluding hydrogens is 476 g/mol. The summed E-state index contributed by atoms with van der Waals surface area (Å²) in [6.07, 6.45) is 3.35. The van der Waals surface area contributed by atoms with E-state index in [1.54, 1.807) is 22.0 Å². The molecule has 2 aliphatic rings. The second-order valence-electron chi connectivity index (χ2n) is 7.82. The highest BCUT2D eigenvalue weighted by molar-refractivity contribution is 9.10. The van der Waals surface area contributed by atoms with Crippen LogP contribution in [0.2, 0.25) is 0 Å². The van der Waals surface area contributed by atoms with Gasteiger partial charge in [0.05, 0.1) is 24.3 Å². The Morgan fingerprint density at radius 3 is 2.88 bits per heavy atom. The van der Waals surface area contributed by atoms with Crippen LogP contribution in [0.5, 0.6) is 11.5 Å². The number of aromatic nitrogens is 2. The number of halogens is 1. The molecule has 0 spiro atoms. The van der Waals surface area contributed by atoms with Crippen LogP contribution in [-0.2, 0) is 16.1 Å². The highest BCUT2D eigenvalue weighted by Crippen LogP contribution is 2.31. The Labute approximate surface area is 193 Å². The van der Waals surface area contributed by atoms with Gasteiger partial charge in [-0.25, -0.2) is 0 Å². The van der Waals surface area contributed by atoms with Crippen LogP contribution in [0.4, 0.5) is 11.4 Å².